The van der Waals surface area contributed by atoms with Gasteiger partial charge in [-0.05, 0) is 48.9 Å². The third-order valence-corrected chi connectivity index (χ3v) is 7.27. The van der Waals surface area contributed by atoms with E-state index in [1.807, 2.05) is 85.1 Å². The van der Waals surface area contributed by atoms with E-state index in [-0.39, 0.29) is 17.1 Å². The lowest BCUT2D eigenvalue weighted by Crippen LogP contribution is -2.22. The molecule has 4 rings (SSSR count). The molecule has 0 aliphatic rings. The Hall–Kier alpha value is -3.82. The lowest BCUT2D eigenvalue weighted by atomic mass is 10.1. The molecule has 2 amide bonds. The normalized spacial score (nSPS) is 11.4. The number of hydrogen-bond donors (Lipinski definition) is 2. The Kier molecular flexibility index (Phi) is 8.81. The molecule has 3 aromatic carbocycles. The highest BCUT2D eigenvalue weighted by atomic mass is 32.2. The highest BCUT2D eigenvalue weighted by Gasteiger charge is 2.17. The first kappa shape index (κ1) is 26.2. The minimum absolute atomic E-state index is 0.0896. The van der Waals surface area contributed by atoms with Gasteiger partial charge in [0.05, 0.1) is 31.6 Å². The average Bonchev–Trinajstić information content (AvgIpc) is 3.37. The Bertz CT molecular complexity index is 1370. The molecule has 2 N–H and O–H groups in total. The second-order valence-corrected chi connectivity index (χ2v) is 10.4. The number of anilines is 2. The van der Waals surface area contributed by atoms with Gasteiger partial charge in [0.25, 0.3) is 0 Å². The van der Waals surface area contributed by atoms with Gasteiger partial charge >= 0.3 is 0 Å². The van der Waals surface area contributed by atoms with E-state index in [4.69, 9.17) is 9.47 Å². The van der Waals surface area contributed by atoms with Gasteiger partial charge in [-0.3, -0.25) is 9.59 Å². The number of methoxy groups -OCH3 is 2. The maximum atomic E-state index is 12.8. The summed E-state index contributed by atoms with van der Waals surface area (Å²) in [5.41, 5.74) is 3.24. The van der Waals surface area contributed by atoms with Crippen molar-refractivity contribution >= 4 is 45.7 Å². The summed E-state index contributed by atoms with van der Waals surface area (Å²) in [7, 11) is 3.17. The van der Waals surface area contributed by atoms with Gasteiger partial charge in [0, 0.05) is 21.5 Å². The van der Waals surface area contributed by atoms with Crippen LogP contribution < -0.4 is 20.1 Å². The molecule has 0 saturated carbocycles. The number of amides is 2. The molecule has 0 fully saturated rings. The number of thioether (sulfide) groups is 1. The van der Waals surface area contributed by atoms with Crippen molar-refractivity contribution in [2.45, 2.75) is 23.5 Å². The summed E-state index contributed by atoms with van der Waals surface area (Å²) in [6, 6.07) is 22.6. The molecule has 1 atom stereocenters. The number of hydrogen-bond acceptors (Lipinski definition) is 7. The van der Waals surface area contributed by atoms with E-state index in [2.05, 4.69) is 15.6 Å². The van der Waals surface area contributed by atoms with Crippen LogP contribution in [-0.2, 0) is 16.0 Å². The van der Waals surface area contributed by atoms with E-state index in [1.54, 1.807) is 14.2 Å². The molecule has 190 valence electrons. The van der Waals surface area contributed by atoms with Crippen molar-refractivity contribution in [1.82, 2.24) is 4.98 Å². The number of thiazole rings is 1. The minimum atomic E-state index is -0.372. The summed E-state index contributed by atoms with van der Waals surface area (Å²) < 4.78 is 10.7. The molecule has 0 spiro atoms. The molecule has 0 aliphatic heterocycles. The predicted octanol–water partition coefficient (Wildman–Crippen LogP) is 6.13. The fourth-order valence-electron chi connectivity index (χ4n) is 3.56. The molecule has 0 radical (unpaired) electrons. The summed E-state index contributed by atoms with van der Waals surface area (Å²) in [5.74, 6) is 1.01. The van der Waals surface area contributed by atoms with E-state index in [0.29, 0.717) is 28.7 Å². The number of carbonyl (C=O) groups is 2. The zero-order valence-electron chi connectivity index (χ0n) is 20.7. The van der Waals surface area contributed by atoms with Gasteiger partial charge in [0.2, 0.25) is 11.8 Å². The molecule has 0 saturated heterocycles. The number of aromatic nitrogens is 1. The first-order chi connectivity index (χ1) is 17.9. The standard InChI is InChI=1S/C28H27N3O4S2/c1-18(37-22-11-7-10-21(16-22)29-26(32)14-19-8-5-4-6-9-19)27(33)31-28-30-23(17-36-28)20-12-13-24(34-2)25(15-20)35-3/h4-13,15-18H,14H2,1-3H3,(H,29,32)(H,30,31,33). The van der Waals surface area contributed by atoms with Crippen LogP contribution in [0.25, 0.3) is 11.3 Å². The molecule has 7 nitrogen and oxygen atoms in total. The Morgan fingerprint density at radius 1 is 0.946 bits per heavy atom. The largest absolute Gasteiger partial charge is 0.493 e. The van der Waals surface area contributed by atoms with Crippen LogP contribution in [0.1, 0.15) is 12.5 Å². The zero-order chi connectivity index (χ0) is 26.2. The maximum Gasteiger partial charge on any atom is 0.239 e. The van der Waals surface area contributed by atoms with Crippen molar-refractivity contribution in [3.05, 3.63) is 83.7 Å². The van der Waals surface area contributed by atoms with Crippen molar-refractivity contribution in [1.29, 1.82) is 0 Å². The number of ether oxygens (including phenoxy) is 2. The summed E-state index contributed by atoms with van der Waals surface area (Å²) in [6.07, 6.45) is 0.302. The second-order valence-electron chi connectivity index (χ2n) is 8.10. The summed E-state index contributed by atoms with van der Waals surface area (Å²) in [5, 5.41) is 7.86. The Labute approximate surface area is 224 Å². The molecule has 4 aromatic rings. The Morgan fingerprint density at radius 3 is 2.49 bits per heavy atom. The quantitative estimate of drug-likeness (QED) is 0.239. The van der Waals surface area contributed by atoms with Crippen molar-refractivity contribution in [3.8, 4) is 22.8 Å². The van der Waals surface area contributed by atoms with E-state index in [9.17, 15) is 9.59 Å². The highest BCUT2D eigenvalue weighted by molar-refractivity contribution is 8.00. The van der Waals surface area contributed by atoms with Crippen LogP contribution in [0.3, 0.4) is 0 Å². The SMILES string of the molecule is COc1ccc(-c2csc(NC(=O)C(C)Sc3cccc(NC(=O)Cc4ccccc4)c3)n2)cc1OC. The predicted molar refractivity (Wildman–Crippen MR) is 150 cm³/mol. The molecule has 1 heterocycles. The minimum Gasteiger partial charge on any atom is -0.493 e. The van der Waals surface area contributed by atoms with Gasteiger partial charge in [-0.25, -0.2) is 4.98 Å². The molecule has 0 aliphatic carbocycles. The first-order valence-corrected chi connectivity index (χ1v) is 13.3. The van der Waals surface area contributed by atoms with Crippen LogP contribution in [0.2, 0.25) is 0 Å². The van der Waals surface area contributed by atoms with E-state index in [1.165, 1.54) is 23.1 Å². The lowest BCUT2D eigenvalue weighted by Gasteiger charge is -2.12. The average molecular weight is 534 g/mol. The van der Waals surface area contributed by atoms with Crippen LogP contribution in [-0.4, -0.2) is 36.3 Å². The first-order valence-electron chi connectivity index (χ1n) is 11.5. The Balaban J connectivity index is 1.34. The zero-order valence-corrected chi connectivity index (χ0v) is 22.3. The fraction of sp³-hybridized carbons (Fsp3) is 0.179. The van der Waals surface area contributed by atoms with Crippen LogP contribution >= 0.6 is 23.1 Å². The van der Waals surface area contributed by atoms with Crippen LogP contribution in [0.15, 0.2) is 83.1 Å². The monoisotopic (exact) mass is 533 g/mol. The van der Waals surface area contributed by atoms with E-state index in [0.717, 1.165) is 21.7 Å². The maximum absolute atomic E-state index is 12.8. The van der Waals surface area contributed by atoms with Gasteiger partial charge in [0.1, 0.15) is 0 Å². The highest BCUT2D eigenvalue weighted by Crippen LogP contribution is 2.34. The smallest absolute Gasteiger partial charge is 0.239 e. The fourth-order valence-corrected chi connectivity index (χ4v) is 5.21. The van der Waals surface area contributed by atoms with Gasteiger partial charge in [-0.15, -0.1) is 23.1 Å². The summed E-state index contributed by atoms with van der Waals surface area (Å²) in [6.45, 7) is 1.84. The van der Waals surface area contributed by atoms with Gasteiger partial charge in [-0.2, -0.15) is 0 Å². The lowest BCUT2D eigenvalue weighted by molar-refractivity contribution is -0.116. The number of rotatable bonds is 10. The molecule has 9 heteroatoms. The van der Waals surface area contributed by atoms with Gasteiger partial charge in [-0.1, -0.05) is 36.4 Å². The van der Waals surface area contributed by atoms with Crippen molar-refractivity contribution < 1.29 is 19.1 Å². The number of nitrogens with zero attached hydrogens (tertiary/aromatic N) is 1. The van der Waals surface area contributed by atoms with Crippen molar-refractivity contribution in [2.75, 3.05) is 24.9 Å². The van der Waals surface area contributed by atoms with Crippen LogP contribution in [0.5, 0.6) is 11.5 Å². The van der Waals surface area contributed by atoms with Gasteiger partial charge < -0.3 is 20.1 Å². The van der Waals surface area contributed by atoms with Crippen molar-refractivity contribution in [3.63, 3.8) is 0 Å². The molecule has 0 bridgehead atoms. The topological polar surface area (TPSA) is 89.6 Å². The van der Waals surface area contributed by atoms with Crippen LogP contribution in [0, 0.1) is 0 Å². The van der Waals surface area contributed by atoms with Gasteiger partial charge in [0.15, 0.2) is 16.6 Å². The molecule has 1 aromatic heterocycles. The number of carbonyl (C=O) groups excluding carboxylic acids is 2. The third-order valence-electron chi connectivity index (χ3n) is 5.42. The van der Waals surface area contributed by atoms with Crippen LogP contribution in [0.4, 0.5) is 10.8 Å². The molecular weight excluding hydrogens is 506 g/mol. The Morgan fingerprint density at radius 2 is 1.73 bits per heavy atom. The number of benzene rings is 3. The van der Waals surface area contributed by atoms with E-state index >= 15 is 0 Å². The van der Waals surface area contributed by atoms with E-state index < -0.39 is 0 Å². The summed E-state index contributed by atoms with van der Waals surface area (Å²) >= 11 is 2.77. The molecular formula is C28H27N3O4S2. The molecule has 37 heavy (non-hydrogen) atoms. The summed E-state index contributed by atoms with van der Waals surface area (Å²) in [4.78, 5) is 30.7. The van der Waals surface area contributed by atoms with Crippen molar-refractivity contribution in [2.24, 2.45) is 0 Å². The number of nitrogens with one attached hydrogen (secondary N) is 2. The molecule has 1 unspecified atom stereocenters. The third kappa shape index (κ3) is 7.12. The second kappa shape index (κ2) is 12.4.